The Morgan fingerprint density at radius 1 is 1.36 bits per heavy atom. The van der Waals surface area contributed by atoms with Gasteiger partial charge in [-0.15, -0.1) is 0 Å². The molecule has 0 saturated heterocycles. The van der Waals surface area contributed by atoms with Gasteiger partial charge in [0.25, 0.3) is 0 Å². The van der Waals surface area contributed by atoms with Crippen LogP contribution in [0.25, 0.3) is 0 Å². The molecule has 2 N–H and O–H groups in total. The van der Waals surface area contributed by atoms with Crippen molar-refractivity contribution in [3.63, 3.8) is 0 Å². The first-order valence-electron chi connectivity index (χ1n) is 7.58. The van der Waals surface area contributed by atoms with Crippen LogP contribution in [-0.2, 0) is 14.0 Å². The zero-order valence-corrected chi connectivity index (χ0v) is 15.5. The third-order valence-electron chi connectivity index (χ3n) is 4.35. The zero-order chi connectivity index (χ0) is 17.6. The van der Waals surface area contributed by atoms with E-state index in [0.29, 0.717) is 30.5 Å². The minimum atomic E-state index is -3.97. The van der Waals surface area contributed by atoms with Crippen molar-refractivity contribution >= 4 is 13.5 Å². The Morgan fingerprint density at radius 2 is 1.91 bits per heavy atom. The maximum absolute atomic E-state index is 12.1. The molecule has 1 unspecified atom stereocenters. The number of hydrogen-bond acceptors (Lipinski definition) is 4. The van der Waals surface area contributed by atoms with E-state index in [9.17, 15) is 14.6 Å². The van der Waals surface area contributed by atoms with Crippen molar-refractivity contribution in [3.8, 4) is 0 Å². The molecule has 1 amide bonds. The van der Waals surface area contributed by atoms with Gasteiger partial charge in [0.2, 0.25) is 5.91 Å². The van der Waals surface area contributed by atoms with E-state index in [2.05, 4.69) is 9.99 Å². The molecule has 8 heteroatoms. The number of carbonyl (C=O) groups excluding carboxylic acids is 1. The normalized spacial score (nSPS) is 15.7. The second kappa shape index (κ2) is 8.41. The molecule has 132 valence electrons. The van der Waals surface area contributed by atoms with Gasteiger partial charge >= 0.3 is 7.60 Å². The molecule has 0 aromatic heterocycles. The monoisotopic (exact) mass is 338 g/mol. The minimum Gasteiger partial charge on any atom is -0.716 e. The van der Waals surface area contributed by atoms with Crippen LogP contribution < -0.4 is 10.6 Å². The largest absolute Gasteiger partial charge is 0.716 e. The summed E-state index contributed by atoms with van der Waals surface area (Å²) in [6, 6.07) is 0. The number of likely N-dealkylation sites (N-methyl/N-ethyl adjacent to an activating group) is 1. The first-order valence-corrected chi connectivity index (χ1v) is 9.34. The molecule has 0 rings (SSSR count). The molecule has 0 spiro atoms. The number of hydrogen-bond donors (Lipinski definition) is 2. The Kier molecular flexibility index (Phi) is 8.23. The van der Waals surface area contributed by atoms with Crippen molar-refractivity contribution in [1.29, 1.82) is 0 Å². The van der Waals surface area contributed by atoms with Crippen LogP contribution in [0.15, 0.2) is 0 Å². The van der Waals surface area contributed by atoms with Gasteiger partial charge < -0.3 is 24.6 Å². The third-order valence-corrected chi connectivity index (χ3v) is 5.47. The molecule has 0 aromatic rings. The molecule has 0 fully saturated rings. The average molecular weight is 338 g/mol. The number of quaternary nitrogens is 1. The number of carbonyl (C=O) groups is 1. The minimum absolute atomic E-state index is 0.0297. The summed E-state index contributed by atoms with van der Waals surface area (Å²) in [7, 11) is -0.0249. The maximum Gasteiger partial charge on any atom is 0.319 e. The summed E-state index contributed by atoms with van der Waals surface area (Å²) in [6.45, 7) is 9.75. The maximum atomic E-state index is 12.1. The summed E-state index contributed by atoms with van der Waals surface area (Å²) in [5.74, 6) is 0.280. The van der Waals surface area contributed by atoms with Gasteiger partial charge in [-0.1, -0.05) is 27.7 Å². The van der Waals surface area contributed by atoms with Gasteiger partial charge in [0, 0.05) is 11.8 Å². The Morgan fingerprint density at radius 3 is 2.36 bits per heavy atom. The Bertz CT molecular complexity index is 410. The molecule has 0 saturated carbocycles. The fourth-order valence-electron chi connectivity index (χ4n) is 1.81. The first-order chi connectivity index (χ1) is 9.84. The van der Waals surface area contributed by atoms with Gasteiger partial charge in [-0.2, -0.15) is 0 Å². The second-order valence-corrected chi connectivity index (χ2v) is 9.18. The lowest BCUT2D eigenvalue weighted by molar-refractivity contribution is -0.889. The van der Waals surface area contributed by atoms with E-state index in [4.69, 9.17) is 4.89 Å². The van der Waals surface area contributed by atoms with E-state index in [1.807, 2.05) is 41.8 Å². The highest BCUT2D eigenvalue weighted by Crippen LogP contribution is 2.39. The van der Waals surface area contributed by atoms with Crippen LogP contribution in [0.1, 0.15) is 34.1 Å². The molecule has 0 aliphatic carbocycles. The van der Waals surface area contributed by atoms with Crippen molar-refractivity contribution in [2.45, 2.75) is 34.1 Å². The number of rotatable bonds is 10. The van der Waals surface area contributed by atoms with E-state index in [1.165, 1.54) is 0 Å². The summed E-state index contributed by atoms with van der Waals surface area (Å²) >= 11 is 0. The molecule has 0 aliphatic rings. The summed E-state index contributed by atoms with van der Waals surface area (Å²) in [4.78, 5) is 21.2. The molecular weight excluding hydrogens is 307 g/mol. The third kappa shape index (κ3) is 7.70. The van der Waals surface area contributed by atoms with Crippen molar-refractivity contribution in [2.75, 3.05) is 39.9 Å². The average Bonchev–Trinajstić information content (AvgIpc) is 2.37. The number of amides is 1. The fraction of sp³-hybridized carbons (Fsp3) is 0.929. The van der Waals surface area contributed by atoms with Crippen LogP contribution in [0.2, 0.25) is 0 Å². The van der Waals surface area contributed by atoms with E-state index < -0.39 is 13.0 Å². The topological polar surface area (TPSA) is 98.7 Å². The van der Waals surface area contributed by atoms with E-state index in [-0.39, 0.29) is 18.0 Å². The van der Waals surface area contributed by atoms with E-state index in [1.54, 1.807) is 0 Å². The molecule has 1 atom stereocenters. The zero-order valence-electron chi connectivity index (χ0n) is 14.6. The highest BCUT2D eigenvalue weighted by atomic mass is 31.2. The van der Waals surface area contributed by atoms with Gasteiger partial charge in [0.1, 0.15) is 0 Å². The molecule has 0 aliphatic heterocycles. The molecule has 0 radical (unpaired) electrons. The van der Waals surface area contributed by atoms with Crippen LogP contribution in [0.5, 0.6) is 0 Å². The lowest BCUT2D eigenvalue weighted by Gasteiger charge is -2.32. The SMILES string of the molecule is CC(C)C(C)(C)C(=O)NCC[N+](C)(C)CCCP(=O)(O)O[O-]. The Hall–Kier alpha value is -0.460. The van der Waals surface area contributed by atoms with Crippen molar-refractivity contribution in [2.24, 2.45) is 11.3 Å². The lowest BCUT2D eigenvalue weighted by Crippen LogP contribution is -2.48. The highest BCUT2D eigenvalue weighted by molar-refractivity contribution is 7.52. The van der Waals surface area contributed by atoms with Crippen LogP contribution >= 0.6 is 7.60 Å². The number of nitrogens with zero attached hydrogens (tertiary/aromatic N) is 1. The standard InChI is InChI=1S/C14H31N2O5P/c1-12(2)14(3,4)13(17)15-8-10-16(5,6)9-7-11-22(19,20)21-18/h12H,7-11H2,1-6H3,(H2-,15,17,18,19,20). The molecule has 22 heavy (non-hydrogen) atoms. The van der Waals surface area contributed by atoms with Crippen LogP contribution in [-0.4, -0.2) is 55.2 Å². The quantitative estimate of drug-likeness (QED) is 0.265. The van der Waals surface area contributed by atoms with Gasteiger partial charge in [-0.05, 0) is 5.92 Å². The summed E-state index contributed by atoms with van der Waals surface area (Å²) in [5.41, 5.74) is -0.411. The summed E-state index contributed by atoms with van der Waals surface area (Å²) < 4.78 is 15.0. The van der Waals surface area contributed by atoms with Gasteiger partial charge in [-0.25, -0.2) is 0 Å². The van der Waals surface area contributed by atoms with Gasteiger partial charge in [-0.3, -0.25) is 9.36 Å². The van der Waals surface area contributed by atoms with Gasteiger partial charge in [0.15, 0.2) is 0 Å². The van der Waals surface area contributed by atoms with E-state index in [0.717, 1.165) is 0 Å². The van der Waals surface area contributed by atoms with E-state index >= 15 is 0 Å². The molecule has 0 heterocycles. The summed E-state index contributed by atoms with van der Waals surface area (Å²) in [5, 5.41) is 13.0. The smallest absolute Gasteiger partial charge is 0.319 e. The van der Waals surface area contributed by atoms with Crippen LogP contribution in [0.4, 0.5) is 0 Å². The van der Waals surface area contributed by atoms with Crippen LogP contribution in [0.3, 0.4) is 0 Å². The van der Waals surface area contributed by atoms with Crippen molar-refractivity contribution in [1.82, 2.24) is 5.32 Å². The molecule has 7 nitrogen and oxygen atoms in total. The molecule has 0 bridgehead atoms. The van der Waals surface area contributed by atoms with Crippen molar-refractivity contribution < 1.29 is 28.7 Å². The predicted molar refractivity (Wildman–Crippen MR) is 83.9 cm³/mol. The predicted octanol–water partition coefficient (Wildman–Crippen LogP) is 0.729. The van der Waals surface area contributed by atoms with Gasteiger partial charge in [0.05, 0.1) is 39.9 Å². The van der Waals surface area contributed by atoms with Crippen molar-refractivity contribution in [3.05, 3.63) is 0 Å². The second-order valence-electron chi connectivity index (χ2n) is 7.30. The Balaban J connectivity index is 4.18. The molecular formula is C14H31N2O5P. The summed E-state index contributed by atoms with van der Waals surface area (Å²) in [6.07, 6.45) is 0.263. The highest BCUT2D eigenvalue weighted by Gasteiger charge is 2.31. The Labute approximate surface area is 133 Å². The first kappa shape index (κ1) is 21.5. The lowest BCUT2D eigenvalue weighted by atomic mass is 9.80. The fourth-order valence-corrected chi connectivity index (χ4v) is 2.43. The van der Waals surface area contributed by atoms with Crippen LogP contribution in [0, 0.1) is 11.3 Å². The number of nitrogens with one attached hydrogen (secondary N) is 1. The molecule has 0 aromatic carbocycles.